The fourth-order valence-electron chi connectivity index (χ4n) is 4.96. The molecule has 1 aliphatic heterocycles. The molecule has 3 aromatic carbocycles. The van der Waals surface area contributed by atoms with Gasteiger partial charge in [0.1, 0.15) is 12.3 Å². The van der Waals surface area contributed by atoms with Crippen molar-refractivity contribution in [3.63, 3.8) is 0 Å². The summed E-state index contributed by atoms with van der Waals surface area (Å²) in [5.41, 5.74) is 1.57. The number of benzene rings is 3. The van der Waals surface area contributed by atoms with Gasteiger partial charge in [-0.15, -0.1) is 0 Å². The summed E-state index contributed by atoms with van der Waals surface area (Å²) in [6, 6.07) is 16.6. The van der Waals surface area contributed by atoms with Crippen molar-refractivity contribution in [2.75, 3.05) is 6.54 Å². The van der Waals surface area contributed by atoms with Crippen molar-refractivity contribution in [2.24, 2.45) is 11.8 Å². The predicted octanol–water partition coefficient (Wildman–Crippen LogP) is 6.56. The number of carbonyl (C=O) groups excluding carboxylic acids is 5. The summed E-state index contributed by atoms with van der Waals surface area (Å²) >= 11 is 15.5. The molecule has 0 N–H and O–H groups in total. The van der Waals surface area contributed by atoms with Crippen LogP contribution < -0.4 is 4.74 Å². The highest BCUT2D eigenvalue weighted by Crippen LogP contribution is 2.39. The highest BCUT2D eigenvalue weighted by Gasteiger charge is 2.51. The first-order chi connectivity index (χ1) is 20.0. The molecule has 0 saturated carbocycles. The molecule has 5 rings (SSSR count). The van der Waals surface area contributed by atoms with Gasteiger partial charge in [-0.1, -0.05) is 50.8 Å². The number of hydrogen-bond acceptors (Lipinski definition) is 6. The van der Waals surface area contributed by atoms with E-state index in [1.807, 2.05) is 13.0 Å². The first kappa shape index (κ1) is 29.7. The van der Waals surface area contributed by atoms with Crippen molar-refractivity contribution in [2.45, 2.75) is 19.8 Å². The summed E-state index contributed by atoms with van der Waals surface area (Å²) in [6.45, 7) is 1.29. The second-order valence-electron chi connectivity index (χ2n) is 10.0. The number of hydrogen-bond donors (Lipinski definition) is 0. The lowest BCUT2D eigenvalue weighted by Crippen LogP contribution is -2.52. The van der Waals surface area contributed by atoms with Gasteiger partial charge in [0.05, 0.1) is 27.4 Å². The van der Waals surface area contributed by atoms with E-state index in [4.69, 9.17) is 27.9 Å². The van der Waals surface area contributed by atoms with Gasteiger partial charge in [0, 0.05) is 15.6 Å². The summed E-state index contributed by atoms with van der Waals surface area (Å²) < 4.78 is 6.21. The molecule has 1 aliphatic carbocycles. The second-order valence-corrected chi connectivity index (χ2v) is 11.8. The minimum absolute atomic E-state index is 0.0529. The summed E-state index contributed by atoms with van der Waals surface area (Å²) in [5.74, 6) is -3.95. The first-order valence-electron chi connectivity index (χ1n) is 12.9. The zero-order chi connectivity index (χ0) is 30.1. The molecule has 214 valence electrons. The van der Waals surface area contributed by atoms with E-state index in [0.717, 1.165) is 20.1 Å². The maximum Gasteiger partial charge on any atom is 0.343 e. The van der Waals surface area contributed by atoms with Crippen LogP contribution in [0.15, 0.2) is 82.9 Å². The molecule has 3 amide bonds. The topological polar surface area (TPSA) is 101 Å². The molecule has 0 unspecified atom stereocenters. The van der Waals surface area contributed by atoms with Crippen LogP contribution in [0.1, 0.15) is 50.8 Å². The number of hydrazine groups is 1. The Morgan fingerprint density at radius 2 is 1.50 bits per heavy atom. The monoisotopic (exact) mass is 668 g/mol. The van der Waals surface area contributed by atoms with E-state index in [0.29, 0.717) is 18.4 Å². The number of ketones is 1. The fraction of sp³-hybridized carbons (Fsp3) is 0.194. The highest BCUT2D eigenvalue weighted by atomic mass is 79.9. The largest absolute Gasteiger partial charge is 0.423 e. The van der Waals surface area contributed by atoms with Crippen LogP contribution in [0.25, 0.3) is 0 Å². The smallest absolute Gasteiger partial charge is 0.343 e. The zero-order valence-corrected chi connectivity index (χ0v) is 25.3. The molecule has 1 saturated heterocycles. The van der Waals surface area contributed by atoms with Gasteiger partial charge in [0.2, 0.25) is 0 Å². The third kappa shape index (κ3) is 6.04. The molecule has 11 heteroatoms. The Morgan fingerprint density at radius 3 is 2.17 bits per heavy atom. The SMILES string of the molecule is CC1=CC[C@H]2C(=O)N(N(CC(=O)c3ccc(OC(=O)c4ccc(Br)cc4)cc3)C(=O)c3ccc(Cl)c(Cl)c3)C(=O)[C@H]2C1. The quantitative estimate of drug-likeness (QED) is 0.0929. The number of fused-ring (bicyclic) bond motifs is 1. The number of ether oxygens (including phenoxy) is 1. The molecule has 2 aliphatic rings. The Kier molecular flexibility index (Phi) is 8.63. The van der Waals surface area contributed by atoms with E-state index in [2.05, 4.69) is 15.9 Å². The summed E-state index contributed by atoms with van der Waals surface area (Å²) in [4.78, 5) is 66.5. The van der Waals surface area contributed by atoms with Crippen LogP contribution in [0.3, 0.4) is 0 Å². The standard InChI is InChI=1S/C31H23BrCl2N2O6/c1-17-2-12-23-24(14-17)30(40)36(29(23)39)35(28(38)20-7-13-25(33)26(34)15-20)16-27(37)18-5-10-22(11-6-18)42-31(41)19-3-8-21(32)9-4-19/h2-11,13,15,23-24H,12,14,16H2,1H3/t23-,24+/m1/s1. The van der Waals surface area contributed by atoms with Crippen LogP contribution >= 0.6 is 39.1 Å². The fourth-order valence-corrected chi connectivity index (χ4v) is 5.52. The van der Waals surface area contributed by atoms with E-state index >= 15 is 0 Å². The van der Waals surface area contributed by atoms with Crippen molar-refractivity contribution in [1.29, 1.82) is 0 Å². The number of allylic oxidation sites excluding steroid dienone is 2. The molecule has 42 heavy (non-hydrogen) atoms. The van der Waals surface area contributed by atoms with E-state index in [1.54, 1.807) is 24.3 Å². The second kappa shape index (κ2) is 12.2. The van der Waals surface area contributed by atoms with Crippen LogP contribution in [0.4, 0.5) is 0 Å². The van der Waals surface area contributed by atoms with Gasteiger partial charge in [0.25, 0.3) is 17.7 Å². The van der Waals surface area contributed by atoms with Gasteiger partial charge < -0.3 is 4.74 Å². The Balaban J connectivity index is 1.38. The van der Waals surface area contributed by atoms with Gasteiger partial charge in [-0.3, -0.25) is 19.2 Å². The molecule has 0 aromatic heterocycles. The van der Waals surface area contributed by atoms with Crippen molar-refractivity contribution < 1.29 is 28.7 Å². The minimum atomic E-state index is -0.757. The maximum atomic E-state index is 13.7. The molecular weight excluding hydrogens is 647 g/mol. The van der Waals surface area contributed by atoms with Crippen LogP contribution in [-0.2, 0) is 9.59 Å². The van der Waals surface area contributed by atoms with E-state index in [9.17, 15) is 24.0 Å². The summed E-state index contributed by atoms with van der Waals surface area (Å²) in [5, 5.41) is 2.01. The number of halogens is 3. The predicted molar refractivity (Wildman–Crippen MR) is 159 cm³/mol. The van der Waals surface area contributed by atoms with Crippen molar-refractivity contribution in [3.8, 4) is 5.75 Å². The van der Waals surface area contributed by atoms with Gasteiger partial charge in [-0.2, -0.15) is 5.01 Å². The molecule has 1 fully saturated rings. The lowest BCUT2D eigenvalue weighted by Gasteiger charge is -2.30. The molecule has 0 bridgehead atoms. The molecular formula is C31H23BrCl2N2O6. The summed E-state index contributed by atoms with van der Waals surface area (Å²) in [7, 11) is 0. The number of nitrogens with zero attached hydrogens (tertiary/aromatic N) is 2. The average molecular weight is 670 g/mol. The van der Waals surface area contributed by atoms with E-state index in [-0.39, 0.29) is 26.9 Å². The number of imide groups is 1. The Morgan fingerprint density at radius 1 is 0.881 bits per heavy atom. The zero-order valence-electron chi connectivity index (χ0n) is 22.2. The van der Waals surface area contributed by atoms with Crippen molar-refractivity contribution in [3.05, 3.63) is 110 Å². The maximum absolute atomic E-state index is 13.7. The Bertz CT molecular complexity index is 1640. The minimum Gasteiger partial charge on any atom is -0.423 e. The number of esters is 1. The number of amides is 3. The number of rotatable bonds is 7. The van der Waals surface area contributed by atoms with E-state index in [1.165, 1.54) is 42.5 Å². The number of carbonyl (C=O) groups is 5. The third-order valence-electron chi connectivity index (χ3n) is 7.20. The van der Waals surface area contributed by atoms with Crippen LogP contribution in [0, 0.1) is 11.8 Å². The Hall–Kier alpha value is -3.79. The molecule has 1 heterocycles. The van der Waals surface area contributed by atoms with Crippen LogP contribution in [0.2, 0.25) is 10.0 Å². The van der Waals surface area contributed by atoms with Crippen LogP contribution in [-0.4, -0.2) is 46.0 Å². The van der Waals surface area contributed by atoms with E-state index < -0.39 is 47.9 Å². The lowest BCUT2D eigenvalue weighted by atomic mass is 9.82. The van der Waals surface area contributed by atoms with Crippen molar-refractivity contribution in [1.82, 2.24) is 10.0 Å². The van der Waals surface area contributed by atoms with Crippen LogP contribution in [0.5, 0.6) is 5.75 Å². The first-order valence-corrected chi connectivity index (χ1v) is 14.5. The third-order valence-corrected chi connectivity index (χ3v) is 8.47. The van der Waals surface area contributed by atoms with Gasteiger partial charge in [0.15, 0.2) is 5.78 Å². The van der Waals surface area contributed by atoms with Gasteiger partial charge >= 0.3 is 5.97 Å². The molecule has 2 atom stereocenters. The summed E-state index contributed by atoms with van der Waals surface area (Å²) in [6.07, 6.45) is 2.69. The van der Waals surface area contributed by atoms with Gasteiger partial charge in [-0.05, 0) is 86.5 Å². The molecule has 3 aromatic rings. The molecule has 8 nitrogen and oxygen atoms in total. The Labute approximate surface area is 259 Å². The van der Waals surface area contributed by atoms with Gasteiger partial charge in [-0.25, -0.2) is 9.80 Å². The van der Waals surface area contributed by atoms with Crippen molar-refractivity contribution >= 4 is 68.6 Å². The average Bonchev–Trinajstić information content (AvgIpc) is 3.21. The molecule has 0 radical (unpaired) electrons. The number of Topliss-reactive ketones (excluding diaryl/α,β-unsaturated/α-hetero) is 1. The normalized spacial score (nSPS) is 17.9. The molecule has 0 spiro atoms. The highest BCUT2D eigenvalue weighted by molar-refractivity contribution is 9.10. The lowest BCUT2D eigenvalue weighted by molar-refractivity contribution is -0.154.